The first kappa shape index (κ1) is 10.4. The number of aryl methyl sites for hydroxylation is 2. The van der Waals surface area contributed by atoms with Crippen LogP contribution in [0.25, 0.3) is 11.0 Å². The summed E-state index contributed by atoms with van der Waals surface area (Å²) in [4.78, 5) is 7.76. The number of rotatable bonds is 2. The van der Waals surface area contributed by atoms with E-state index in [0.717, 1.165) is 22.7 Å². The van der Waals surface area contributed by atoms with Crippen molar-refractivity contribution in [2.24, 2.45) is 0 Å². The second kappa shape index (κ2) is 3.89. The lowest BCUT2D eigenvalue weighted by Gasteiger charge is -2.09. The number of imidazole rings is 1. The van der Waals surface area contributed by atoms with Gasteiger partial charge in [0.2, 0.25) is 5.95 Å². The third kappa shape index (κ3) is 1.80. The predicted molar refractivity (Wildman–Crippen MR) is 73.2 cm³/mol. The number of anilines is 2. The van der Waals surface area contributed by atoms with Gasteiger partial charge < -0.3 is 10.3 Å². The molecule has 0 atom stereocenters. The van der Waals surface area contributed by atoms with Gasteiger partial charge in [0.15, 0.2) is 0 Å². The Labute approximate surface area is 104 Å². The van der Waals surface area contributed by atoms with E-state index < -0.39 is 0 Å². The number of nitrogens with one attached hydrogen (secondary N) is 2. The fourth-order valence-corrected chi connectivity index (χ4v) is 2.63. The van der Waals surface area contributed by atoms with Gasteiger partial charge in [-0.2, -0.15) is 0 Å². The Hall–Kier alpha value is -1.81. The minimum absolute atomic E-state index is 0.806. The lowest BCUT2D eigenvalue weighted by Crippen LogP contribution is -1.97. The molecule has 2 N–H and O–H groups in total. The summed E-state index contributed by atoms with van der Waals surface area (Å²) in [7, 11) is 0. The number of nitrogens with zero attached hydrogens (tertiary/aromatic N) is 1. The van der Waals surface area contributed by atoms with Crippen molar-refractivity contribution in [1.29, 1.82) is 0 Å². The number of benzene rings is 1. The number of hydrogen-bond acceptors (Lipinski definition) is 3. The minimum Gasteiger partial charge on any atom is -0.325 e. The van der Waals surface area contributed by atoms with Crippen LogP contribution in [0.3, 0.4) is 0 Å². The zero-order valence-electron chi connectivity index (χ0n) is 9.74. The molecule has 3 rings (SSSR count). The maximum absolute atomic E-state index is 4.49. The largest absolute Gasteiger partial charge is 0.325 e. The van der Waals surface area contributed by atoms with Crippen molar-refractivity contribution in [2.75, 3.05) is 5.32 Å². The number of thiophene rings is 1. The molecule has 17 heavy (non-hydrogen) atoms. The molecular formula is C13H13N3S. The van der Waals surface area contributed by atoms with Crippen molar-refractivity contribution in [1.82, 2.24) is 9.97 Å². The monoisotopic (exact) mass is 243 g/mol. The summed E-state index contributed by atoms with van der Waals surface area (Å²) < 4.78 is 0. The Morgan fingerprint density at radius 2 is 1.94 bits per heavy atom. The van der Waals surface area contributed by atoms with Crippen molar-refractivity contribution >= 4 is 34.0 Å². The Morgan fingerprint density at radius 1 is 1.18 bits per heavy atom. The molecule has 0 unspecified atom stereocenters. The van der Waals surface area contributed by atoms with E-state index >= 15 is 0 Å². The third-order valence-electron chi connectivity index (χ3n) is 2.85. The number of fused-ring (bicyclic) bond motifs is 1. The smallest absolute Gasteiger partial charge is 0.205 e. The molecule has 0 radical (unpaired) electrons. The van der Waals surface area contributed by atoms with E-state index in [4.69, 9.17) is 0 Å². The van der Waals surface area contributed by atoms with Crippen LogP contribution in [-0.4, -0.2) is 9.97 Å². The SMILES string of the molecule is Cc1cccc(C)c1Nc1nc2cscc2[nH]1. The zero-order chi connectivity index (χ0) is 11.8. The van der Waals surface area contributed by atoms with E-state index in [0.29, 0.717) is 0 Å². The van der Waals surface area contributed by atoms with Gasteiger partial charge in [-0.3, -0.25) is 0 Å². The number of aromatic amines is 1. The third-order valence-corrected chi connectivity index (χ3v) is 3.58. The van der Waals surface area contributed by atoms with Crippen LogP contribution in [0.5, 0.6) is 0 Å². The molecule has 0 bridgehead atoms. The molecular weight excluding hydrogens is 230 g/mol. The summed E-state index contributed by atoms with van der Waals surface area (Å²) in [5.41, 5.74) is 5.69. The summed E-state index contributed by atoms with van der Waals surface area (Å²) in [5.74, 6) is 0.806. The molecule has 0 saturated heterocycles. The molecule has 0 fully saturated rings. The fourth-order valence-electron chi connectivity index (χ4n) is 1.94. The summed E-state index contributed by atoms with van der Waals surface area (Å²) in [6.45, 7) is 4.19. The molecule has 86 valence electrons. The molecule has 0 spiro atoms. The van der Waals surface area contributed by atoms with Gasteiger partial charge in [0.05, 0.1) is 5.52 Å². The topological polar surface area (TPSA) is 40.7 Å². The van der Waals surface area contributed by atoms with Gasteiger partial charge in [0, 0.05) is 16.4 Å². The molecule has 2 heterocycles. The number of hydrogen-bond donors (Lipinski definition) is 2. The van der Waals surface area contributed by atoms with Gasteiger partial charge in [0.1, 0.15) is 5.52 Å². The van der Waals surface area contributed by atoms with Gasteiger partial charge in [-0.1, -0.05) is 18.2 Å². The summed E-state index contributed by atoms with van der Waals surface area (Å²) in [5, 5.41) is 7.47. The average Bonchev–Trinajstić information content (AvgIpc) is 2.83. The van der Waals surface area contributed by atoms with Crippen molar-refractivity contribution in [3.8, 4) is 0 Å². The lowest BCUT2D eigenvalue weighted by atomic mass is 10.1. The van der Waals surface area contributed by atoms with E-state index in [-0.39, 0.29) is 0 Å². The Kier molecular flexibility index (Phi) is 2.37. The number of H-pyrrole nitrogens is 1. The van der Waals surface area contributed by atoms with Gasteiger partial charge >= 0.3 is 0 Å². The molecule has 3 nitrogen and oxygen atoms in total. The summed E-state index contributed by atoms with van der Waals surface area (Å²) >= 11 is 1.66. The maximum Gasteiger partial charge on any atom is 0.205 e. The number of para-hydroxylation sites is 1. The first-order valence-electron chi connectivity index (χ1n) is 5.49. The van der Waals surface area contributed by atoms with Crippen molar-refractivity contribution in [2.45, 2.75) is 13.8 Å². The predicted octanol–water partition coefficient (Wildman–Crippen LogP) is 3.98. The van der Waals surface area contributed by atoms with Crippen molar-refractivity contribution in [3.63, 3.8) is 0 Å². The fraction of sp³-hybridized carbons (Fsp3) is 0.154. The quantitative estimate of drug-likeness (QED) is 0.714. The van der Waals surface area contributed by atoms with Crippen LogP contribution < -0.4 is 5.32 Å². The van der Waals surface area contributed by atoms with Crippen LogP contribution in [0.1, 0.15) is 11.1 Å². The summed E-state index contributed by atoms with van der Waals surface area (Å²) in [6, 6.07) is 6.26. The van der Waals surface area contributed by atoms with Crippen LogP contribution in [-0.2, 0) is 0 Å². The van der Waals surface area contributed by atoms with Gasteiger partial charge in [0.25, 0.3) is 0 Å². The highest BCUT2D eigenvalue weighted by molar-refractivity contribution is 7.09. The highest BCUT2D eigenvalue weighted by atomic mass is 32.1. The van der Waals surface area contributed by atoms with Gasteiger partial charge in [-0.25, -0.2) is 4.98 Å². The molecule has 3 aromatic rings. The van der Waals surface area contributed by atoms with Crippen LogP contribution >= 0.6 is 11.3 Å². The lowest BCUT2D eigenvalue weighted by molar-refractivity contribution is 1.27. The first-order chi connectivity index (χ1) is 8.24. The van der Waals surface area contributed by atoms with E-state index in [1.165, 1.54) is 11.1 Å². The van der Waals surface area contributed by atoms with Crippen molar-refractivity contribution < 1.29 is 0 Å². The molecule has 0 amide bonds. The highest BCUT2D eigenvalue weighted by Crippen LogP contribution is 2.25. The maximum atomic E-state index is 4.49. The molecule has 0 aliphatic carbocycles. The van der Waals surface area contributed by atoms with Gasteiger partial charge in [-0.15, -0.1) is 11.3 Å². The van der Waals surface area contributed by atoms with Crippen LogP contribution in [0.15, 0.2) is 29.0 Å². The highest BCUT2D eigenvalue weighted by Gasteiger charge is 2.06. The van der Waals surface area contributed by atoms with E-state index in [1.807, 2.05) is 5.38 Å². The minimum atomic E-state index is 0.806. The normalized spacial score (nSPS) is 10.9. The standard InChI is InChI=1S/C13H13N3S/c1-8-4-3-5-9(2)12(8)16-13-14-10-6-17-7-11(10)15-13/h3-7H,1-2H3,(H2,14,15,16). The second-order valence-electron chi connectivity index (χ2n) is 4.15. The molecule has 2 aromatic heterocycles. The number of aromatic nitrogens is 2. The molecule has 0 aliphatic rings. The second-order valence-corrected chi connectivity index (χ2v) is 4.89. The van der Waals surface area contributed by atoms with E-state index in [2.05, 4.69) is 52.7 Å². The van der Waals surface area contributed by atoms with Crippen LogP contribution in [0.2, 0.25) is 0 Å². The van der Waals surface area contributed by atoms with E-state index in [9.17, 15) is 0 Å². The van der Waals surface area contributed by atoms with Crippen LogP contribution in [0, 0.1) is 13.8 Å². The molecule has 1 aromatic carbocycles. The Balaban J connectivity index is 1.99. The Bertz CT molecular complexity index is 617. The van der Waals surface area contributed by atoms with Crippen LogP contribution in [0.4, 0.5) is 11.6 Å². The molecule has 4 heteroatoms. The Morgan fingerprint density at radius 3 is 2.65 bits per heavy atom. The summed E-state index contributed by atoms with van der Waals surface area (Å²) in [6.07, 6.45) is 0. The molecule has 0 aliphatic heterocycles. The van der Waals surface area contributed by atoms with Crippen molar-refractivity contribution in [3.05, 3.63) is 40.1 Å². The average molecular weight is 243 g/mol. The molecule has 0 saturated carbocycles. The van der Waals surface area contributed by atoms with E-state index in [1.54, 1.807) is 11.3 Å². The van der Waals surface area contributed by atoms with Gasteiger partial charge in [-0.05, 0) is 25.0 Å². The first-order valence-corrected chi connectivity index (χ1v) is 6.43. The zero-order valence-corrected chi connectivity index (χ0v) is 10.6.